The summed E-state index contributed by atoms with van der Waals surface area (Å²) in [4.78, 5) is 12.9. The first kappa shape index (κ1) is 20.0. The fourth-order valence-electron chi connectivity index (χ4n) is 3.13. The molecule has 0 aliphatic rings. The number of anilines is 1. The third kappa shape index (κ3) is 3.93. The molecule has 0 saturated carbocycles. The molecule has 0 atom stereocenters. The predicted molar refractivity (Wildman–Crippen MR) is 113 cm³/mol. The summed E-state index contributed by atoms with van der Waals surface area (Å²) in [6, 6.07) is 18.1. The maximum Gasteiger partial charge on any atom is 0.255 e. The van der Waals surface area contributed by atoms with Gasteiger partial charge in [-0.15, -0.1) is 0 Å². The van der Waals surface area contributed by atoms with E-state index in [2.05, 4.69) is 5.32 Å². The van der Waals surface area contributed by atoms with Crippen molar-refractivity contribution in [2.45, 2.75) is 25.7 Å². The molecule has 0 fully saturated rings. The highest BCUT2D eigenvalue weighted by atomic mass is 32.2. The molecule has 3 aromatic carbocycles. The van der Waals surface area contributed by atoms with Crippen molar-refractivity contribution in [3.8, 4) is 0 Å². The Morgan fingerprint density at radius 3 is 2.29 bits per heavy atom. The highest BCUT2D eigenvalue weighted by Gasteiger charge is 2.22. The summed E-state index contributed by atoms with van der Waals surface area (Å²) in [5.74, 6) is -0.272. The van der Waals surface area contributed by atoms with E-state index in [1.54, 1.807) is 32.0 Å². The molecule has 6 heteroatoms. The molecule has 3 aromatic rings. The number of nitrogens with one attached hydrogen (secondary N) is 1. The quantitative estimate of drug-likeness (QED) is 0.670. The average molecular weight is 397 g/mol. The minimum atomic E-state index is -3.59. The topological polar surface area (TPSA) is 66.5 Å². The van der Waals surface area contributed by atoms with Gasteiger partial charge in [-0.2, -0.15) is 4.31 Å². The van der Waals surface area contributed by atoms with Crippen molar-refractivity contribution in [2.75, 3.05) is 18.4 Å². The summed E-state index contributed by atoms with van der Waals surface area (Å²) in [5.41, 5.74) is 1.81. The maximum absolute atomic E-state index is 12.8. The van der Waals surface area contributed by atoms with E-state index >= 15 is 0 Å². The first-order valence-corrected chi connectivity index (χ1v) is 10.7. The number of sulfonamides is 1. The molecule has 0 heterocycles. The van der Waals surface area contributed by atoms with Crippen molar-refractivity contribution in [1.82, 2.24) is 4.31 Å². The van der Waals surface area contributed by atoms with Gasteiger partial charge in [-0.1, -0.05) is 50.2 Å². The molecule has 5 nitrogen and oxygen atoms in total. The molecule has 0 aromatic heterocycles. The number of amides is 1. The molecule has 28 heavy (non-hydrogen) atoms. The zero-order valence-corrected chi connectivity index (χ0v) is 17.1. The van der Waals surface area contributed by atoms with Crippen LogP contribution in [0.3, 0.4) is 0 Å². The van der Waals surface area contributed by atoms with Crippen molar-refractivity contribution in [3.63, 3.8) is 0 Å². The second kappa shape index (κ2) is 8.12. The standard InChI is InChI=1S/C22H24N2O3S/c1-4-24(5-2)28(26,27)20-13-10-16(3)21(15-20)23-22(25)19-12-11-17-8-6-7-9-18(17)14-19/h6-15H,4-5H2,1-3H3,(H,23,25). The number of fused-ring (bicyclic) bond motifs is 1. The fourth-order valence-corrected chi connectivity index (χ4v) is 4.62. The first-order chi connectivity index (χ1) is 13.4. The summed E-state index contributed by atoms with van der Waals surface area (Å²) in [6.07, 6.45) is 0. The zero-order valence-electron chi connectivity index (χ0n) is 16.3. The molecule has 1 N–H and O–H groups in total. The molecule has 0 spiro atoms. The van der Waals surface area contributed by atoms with Crippen molar-refractivity contribution in [3.05, 3.63) is 71.8 Å². The highest BCUT2D eigenvalue weighted by Crippen LogP contribution is 2.24. The largest absolute Gasteiger partial charge is 0.322 e. The molecule has 0 saturated heterocycles. The lowest BCUT2D eigenvalue weighted by atomic mass is 10.1. The van der Waals surface area contributed by atoms with Crippen LogP contribution in [0.1, 0.15) is 29.8 Å². The normalized spacial score (nSPS) is 11.7. The van der Waals surface area contributed by atoms with Gasteiger partial charge in [0, 0.05) is 24.3 Å². The van der Waals surface area contributed by atoms with Crippen LogP contribution in [0.2, 0.25) is 0 Å². The van der Waals surface area contributed by atoms with Crippen molar-refractivity contribution in [2.24, 2.45) is 0 Å². The summed E-state index contributed by atoms with van der Waals surface area (Å²) < 4.78 is 26.9. The number of carbonyl (C=O) groups excluding carboxylic acids is 1. The van der Waals surface area contributed by atoms with Crippen LogP contribution in [0.4, 0.5) is 5.69 Å². The van der Waals surface area contributed by atoms with Gasteiger partial charge in [-0.25, -0.2) is 8.42 Å². The van der Waals surface area contributed by atoms with E-state index in [1.165, 1.54) is 10.4 Å². The lowest BCUT2D eigenvalue weighted by molar-refractivity contribution is 0.102. The van der Waals surface area contributed by atoms with Gasteiger partial charge < -0.3 is 5.32 Å². The van der Waals surface area contributed by atoms with Crippen molar-refractivity contribution in [1.29, 1.82) is 0 Å². The number of carbonyl (C=O) groups is 1. The lowest BCUT2D eigenvalue weighted by Crippen LogP contribution is -2.30. The zero-order chi connectivity index (χ0) is 20.3. The Balaban J connectivity index is 1.92. The molecule has 1 amide bonds. The van der Waals surface area contributed by atoms with Gasteiger partial charge >= 0.3 is 0 Å². The Morgan fingerprint density at radius 2 is 1.61 bits per heavy atom. The van der Waals surface area contributed by atoms with E-state index in [0.717, 1.165) is 16.3 Å². The molecule has 0 unspecified atom stereocenters. The average Bonchev–Trinajstić information content (AvgIpc) is 2.69. The van der Waals surface area contributed by atoms with Crippen LogP contribution in [0.5, 0.6) is 0 Å². The van der Waals surface area contributed by atoms with Crippen LogP contribution in [0, 0.1) is 6.92 Å². The van der Waals surface area contributed by atoms with E-state index < -0.39 is 10.0 Å². The van der Waals surface area contributed by atoms with E-state index in [9.17, 15) is 13.2 Å². The molecule has 0 aliphatic heterocycles. The van der Waals surface area contributed by atoms with Crippen LogP contribution in [-0.4, -0.2) is 31.7 Å². The Labute approximate surface area is 166 Å². The number of rotatable bonds is 6. The third-order valence-electron chi connectivity index (χ3n) is 4.81. The molecular weight excluding hydrogens is 372 g/mol. The van der Waals surface area contributed by atoms with Gasteiger partial charge in [0.15, 0.2) is 0 Å². The smallest absolute Gasteiger partial charge is 0.255 e. The Kier molecular flexibility index (Phi) is 5.82. The molecule has 0 bridgehead atoms. The fraction of sp³-hybridized carbons (Fsp3) is 0.227. The summed E-state index contributed by atoms with van der Waals surface area (Å²) in [6.45, 7) is 6.23. The second-order valence-electron chi connectivity index (χ2n) is 6.58. The predicted octanol–water partition coefficient (Wildman–Crippen LogP) is 4.43. The van der Waals surface area contributed by atoms with Gasteiger partial charge in [-0.3, -0.25) is 4.79 Å². The van der Waals surface area contributed by atoms with Gasteiger partial charge in [0.05, 0.1) is 4.90 Å². The molecule has 0 radical (unpaired) electrons. The Morgan fingerprint density at radius 1 is 0.929 bits per heavy atom. The molecular formula is C22H24N2O3S. The molecule has 146 valence electrons. The minimum Gasteiger partial charge on any atom is -0.322 e. The van der Waals surface area contributed by atoms with Crippen molar-refractivity contribution < 1.29 is 13.2 Å². The second-order valence-corrected chi connectivity index (χ2v) is 8.52. The minimum absolute atomic E-state index is 0.176. The van der Waals surface area contributed by atoms with E-state index in [1.807, 2.05) is 43.3 Å². The summed E-state index contributed by atoms with van der Waals surface area (Å²) >= 11 is 0. The maximum atomic E-state index is 12.8. The third-order valence-corrected chi connectivity index (χ3v) is 6.86. The van der Waals surface area contributed by atoms with Crippen LogP contribution in [-0.2, 0) is 10.0 Å². The number of hydrogen-bond donors (Lipinski definition) is 1. The summed E-state index contributed by atoms with van der Waals surface area (Å²) in [7, 11) is -3.59. The molecule has 3 rings (SSSR count). The number of aryl methyl sites for hydroxylation is 1. The van der Waals surface area contributed by atoms with Crippen LogP contribution >= 0.6 is 0 Å². The van der Waals surface area contributed by atoms with E-state index in [4.69, 9.17) is 0 Å². The van der Waals surface area contributed by atoms with E-state index in [-0.39, 0.29) is 10.8 Å². The van der Waals surface area contributed by atoms with E-state index in [0.29, 0.717) is 24.3 Å². The number of benzene rings is 3. The molecule has 0 aliphatic carbocycles. The van der Waals surface area contributed by atoms with Gasteiger partial charge in [0.2, 0.25) is 10.0 Å². The van der Waals surface area contributed by atoms with Crippen LogP contribution in [0.15, 0.2) is 65.6 Å². The SMILES string of the molecule is CCN(CC)S(=O)(=O)c1ccc(C)c(NC(=O)c2ccc3ccccc3c2)c1. The van der Waals surface area contributed by atoms with Crippen molar-refractivity contribution >= 4 is 32.4 Å². The van der Waals surface area contributed by atoms with Gasteiger partial charge in [0.25, 0.3) is 5.91 Å². The Bertz CT molecular complexity index is 1120. The number of nitrogens with zero attached hydrogens (tertiary/aromatic N) is 1. The monoisotopic (exact) mass is 396 g/mol. The van der Waals surface area contributed by atoms with Gasteiger partial charge in [-0.05, 0) is 47.5 Å². The number of hydrogen-bond acceptors (Lipinski definition) is 3. The lowest BCUT2D eigenvalue weighted by Gasteiger charge is -2.19. The first-order valence-electron chi connectivity index (χ1n) is 9.27. The van der Waals surface area contributed by atoms with Gasteiger partial charge in [0.1, 0.15) is 0 Å². The van der Waals surface area contributed by atoms with Crippen LogP contribution < -0.4 is 5.32 Å². The highest BCUT2D eigenvalue weighted by molar-refractivity contribution is 7.89. The summed E-state index contributed by atoms with van der Waals surface area (Å²) in [5, 5.41) is 4.89. The van der Waals surface area contributed by atoms with Crippen LogP contribution in [0.25, 0.3) is 10.8 Å². The Hall–Kier alpha value is -2.70.